The molecular formula is C13H15F2NO3. The minimum atomic E-state index is -3.14. The summed E-state index contributed by atoms with van der Waals surface area (Å²) in [6, 6.07) is 6.22. The SMILES string of the molecule is O=C(O)C1CC(O)CN1CC(F)(F)c1ccccc1. The summed E-state index contributed by atoms with van der Waals surface area (Å²) in [4.78, 5) is 12.1. The number of rotatable bonds is 4. The molecule has 0 amide bonds. The third-order valence-electron chi connectivity index (χ3n) is 3.26. The first-order chi connectivity index (χ1) is 8.90. The fourth-order valence-electron chi connectivity index (χ4n) is 2.34. The van der Waals surface area contributed by atoms with E-state index in [-0.39, 0.29) is 18.5 Å². The molecule has 1 saturated heterocycles. The maximum atomic E-state index is 14.1. The number of alkyl halides is 2. The van der Waals surface area contributed by atoms with Gasteiger partial charge in [-0.1, -0.05) is 30.3 Å². The first-order valence-corrected chi connectivity index (χ1v) is 5.98. The highest BCUT2D eigenvalue weighted by molar-refractivity contribution is 5.74. The Morgan fingerprint density at radius 2 is 2.00 bits per heavy atom. The molecule has 104 valence electrons. The Kier molecular flexibility index (Phi) is 3.82. The summed E-state index contributed by atoms with van der Waals surface area (Å²) < 4.78 is 28.1. The molecule has 6 heteroatoms. The van der Waals surface area contributed by atoms with Crippen molar-refractivity contribution in [2.45, 2.75) is 24.5 Å². The number of aliphatic hydroxyl groups is 1. The Hall–Kier alpha value is -1.53. The van der Waals surface area contributed by atoms with Crippen LogP contribution in [0.3, 0.4) is 0 Å². The molecular weight excluding hydrogens is 256 g/mol. The summed E-state index contributed by atoms with van der Waals surface area (Å²) in [6.07, 6.45) is -0.882. The smallest absolute Gasteiger partial charge is 0.321 e. The van der Waals surface area contributed by atoms with E-state index in [4.69, 9.17) is 5.11 Å². The summed E-state index contributed by atoms with van der Waals surface area (Å²) in [7, 11) is 0. The van der Waals surface area contributed by atoms with Gasteiger partial charge in [0.15, 0.2) is 0 Å². The Morgan fingerprint density at radius 1 is 1.37 bits per heavy atom. The molecule has 0 bridgehead atoms. The van der Waals surface area contributed by atoms with Gasteiger partial charge < -0.3 is 10.2 Å². The molecule has 0 saturated carbocycles. The number of aliphatic carboxylic acids is 1. The van der Waals surface area contributed by atoms with Crippen LogP contribution in [-0.2, 0) is 10.7 Å². The number of likely N-dealkylation sites (tertiary alicyclic amines) is 1. The van der Waals surface area contributed by atoms with Crippen molar-refractivity contribution in [2.75, 3.05) is 13.1 Å². The molecule has 2 rings (SSSR count). The van der Waals surface area contributed by atoms with E-state index in [0.29, 0.717) is 0 Å². The minimum Gasteiger partial charge on any atom is -0.480 e. The van der Waals surface area contributed by atoms with Gasteiger partial charge in [0, 0.05) is 18.5 Å². The molecule has 1 aromatic rings. The van der Waals surface area contributed by atoms with E-state index in [2.05, 4.69) is 0 Å². The van der Waals surface area contributed by atoms with E-state index in [0.717, 1.165) is 4.90 Å². The van der Waals surface area contributed by atoms with Gasteiger partial charge in [-0.3, -0.25) is 9.69 Å². The van der Waals surface area contributed by atoms with Crippen LogP contribution in [0.4, 0.5) is 8.78 Å². The van der Waals surface area contributed by atoms with Gasteiger partial charge in [-0.15, -0.1) is 0 Å². The third kappa shape index (κ3) is 3.08. The summed E-state index contributed by atoms with van der Waals surface area (Å²) in [5, 5.41) is 18.4. The van der Waals surface area contributed by atoms with Crippen LogP contribution in [0.1, 0.15) is 12.0 Å². The Balaban J connectivity index is 2.13. The van der Waals surface area contributed by atoms with Crippen LogP contribution in [0.25, 0.3) is 0 Å². The molecule has 1 aromatic carbocycles. The average Bonchev–Trinajstić information content (AvgIpc) is 2.71. The highest BCUT2D eigenvalue weighted by atomic mass is 19.3. The molecule has 0 aliphatic carbocycles. The molecule has 1 aliphatic rings. The molecule has 2 N–H and O–H groups in total. The van der Waals surface area contributed by atoms with Gasteiger partial charge in [0.2, 0.25) is 0 Å². The molecule has 1 fully saturated rings. The second-order valence-corrected chi connectivity index (χ2v) is 4.74. The van der Waals surface area contributed by atoms with Gasteiger partial charge in [-0.25, -0.2) is 0 Å². The lowest BCUT2D eigenvalue weighted by Crippen LogP contribution is -2.42. The number of hydrogen-bond donors (Lipinski definition) is 2. The molecule has 1 heterocycles. The lowest BCUT2D eigenvalue weighted by atomic mass is 10.1. The number of hydrogen-bond acceptors (Lipinski definition) is 3. The highest BCUT2D eigenvalue weighted by Gasteiger charge is 2.42. The molecule has 1 aliphatic heterocycles. The molecule has 0 aromatic heterocycles. The van der Waals surface area contributed by atoms with Crippen LogP contribution in [0, 0.1) is 0 Å². The zero-order valence-corrected chi connectivity index (χ0v) is 10.2. The molecule has 2 unspecified atom stereocenters. The van der Waals surface area contributed by atoms with Gasteiger partial charge in [-0.2, -0.15) is 8.78 Å². The van der Waals surface area contributed by atoms with Crippen LogP contribution in [0.2, 0.25) is 0 Å². The van der Waals surface area contributed by atoms with E-state index in [1.807, 2.05) is 0 Å². The van der Waals surface area contributed by atoms with E-state index < -0.39 is 30.6 Å². The molecule has 4 nitrogen and oxygen atoms in total. The number of benzene rings is 1. The first kappa shape index (κ1) is 13.9. The van der Waals surface area contributed by atoms with Crippen LogP contribution in [-0.4, -0.2) is 46.3 Å². The van der Waals surface area contributed by atoms with Gasteiger partial charge >= 0.3 is 5.97 Å². The van der Waals surface area contributed by atoms with Crippen molar-refractivity contribution < 1.29 is 23.8 Å². The number of carboxylic acid groups (broad SMARTS) is 1. The van der Waals surface area contributed by atoms with Gasteiger partial charge in [0.25, 0.3) is 5.92 Å². The van der Waals surface area contributed by atoms with Crippen molar-refractivity contribution in [3.8, 4) is 0 Å². The normalized spacial score (nSPS) is 24.6. The lowest BCUT2D eigenvalue weighted by Gasteiger charge is -2.26. The van der Waals surface area contributed by atoms with E-state index in [9.17, 15) is 18.7 Å². The van der Waals surface area contributed by atoms with Crippen LogP contribution >= 0.6 is 0 Å². The van der Waals surface area contributed by atoms with E-state index in [1.165, 1.54) is 24.3 Å². The largest absolute Gasteiger partial charge is 0.480 e. The second kappa shape index (κ2) is 5.22. The van der Waals surface area contributed by atoms with Gasteiger partial charge in [0.05, 0.1) is 12.6 Å². The number of aliphatic hydroxyl groups excluding tert-OH is 1. The minimum absolute atomic E-state index is 0.0137. The summed E-state index contributed by atoms with van der Waals surface area (Å²) in [5.41, 5.74) is -0.152. The predicted molar refractivity (Wildman–Crippen MR) is 64.0 cm³/mol. The van der Waals surface area contributed by atoms with Crippen molar-refractivity contribution in [3.05, 3.63) is 35.9 Å². The fourth-order valence-corrected chi connectivity index (χ4v) is 2.34. The van der Waals surface area contributed by atoms with Crippen molar-refractivity contribution in [3.63, 3.8) is 0 Å². The van der Waals surface area contributed by atoms with Crippen molar-refractivity contribution in [1.29, 1.82) is 0 Å². The van der Waals surface area contributed by atoms with Crippen LogP contribution < -0.4 is 0 Å². The monoisotopic (exact) mass is 271 g/mol. The topological polar surface area (TPSA) is 60.8 Å². The summed E-state index contributed by atoms with van der Waals surface area (Å²) >= 11 is 0. The number of halogens is 2. The standard InChI is InChI=1S/C13H15F2NO3/c14-13(15,9-4-2-1-3-5-9)8-16-7-10(17)6-11(16)12(18)19/h1-5,10-11,17H,6-8H2,(H,18,19). The molecule has 0 radical (unpaired) electrons. The third-order valence-corrected chi connectivity index (χ3v) is 3.26. The lowest BCUT2D eigenvalue weighted by molar-refractivity contribution is -0.144. The van der Waals surface area contributed by atoms with E-state index >= 15 is 0 Å². The van der Waals surface area contributed by atoms with Gasteiger partial charge in [-0.05, 0) is 0 Å². The number of β-amino-alcohol motifs (C(OH)–C–C–N with tert-alkyl or cyclic N) is 1. The Morgan fingerprint density at radius 3 is 2.58 bits per heavy atom. The Labute approximate surface area is 109 Å². The highest BCUT2D eigenvalue weighted by Crippen LogP contribution is 2.31. The molecule has 19 heavy (non-hydrogen) atoms. The fraction of sp³-hybridized carbons (Fsp3) is 0.462. The quantitative estimate of drug-likeness (QED) is 0.866. The number of carbonyl (C=O) groups is 1. The number of carboxylic acids is 1. The van der Waals surface area contributed by atoms with Crippen molar-refractivity contribution in [1.82, 2.24) is 4.90 Å². The predicted octanol–water partition coefficient (Wildman–Crippen LogP) is 1.30. The zero-order valence-electron chi connectivity index (χ0n) is 10.2. The first-order valence-electron chi connectivity index (χ1n) is 5.98. The zero-order chi connectivity index (χ0) is 14.0. The summed E-state index contributed by atoms with van der Waals surface area (Å²) in [5.74, 6) is -4.32. The van der Waals surface area contributed by atoms with Crippen LogP contribution in [0.5, 0.6) is 0 Å². The average molecular weight is 271 g/mol. The Bertz CT molecular complexity index is 452. The maximum Gasteiger partial charge on any atom is 0.321 e. The second-order valence-electron chi connectivity index (χ2n) is 4.74. The van der Waals surface area contributed by atoms with Crippen molar-refractivity contribution >= 4 is 5.97 Å². The number of nitrogens with zero attached hydrogens (tertiary/aromatic N) is 1. The van der Waals surface area contributed by atoms with Crippen molar-refractivity contribution in [2.24, 2.45) is 0 Å². The van der Waals surface area contributed by atoms with E-state index in [1.54, 1.807) is 6.07 Å². The maximum absolute atomic E-state index is 14.1. The molecule has 2 atom stereocenters. The molecule has 0 spiro atoms. The van der Waals surface area contributed by atoms with Crippen LogP contribution in [0.15, 0.2) is 30.3 Å². The van der Waals surface area contributed by atoms with Gasteiger partial charge in [0.1, 0.15) is 6.04 Å². The summed E-state index contributed by atoms with van der Waals surface area (Å²) in [6.45, 7) is -0.746.